The molecule has 0 rings (SSSR count). The van der Waals surface area contributed by atoms with E-state index >= 15 is 0 Å². The van der Waals surface area contributed by atoms with Crippen LogP contribution < -0.4 is 0 Å². The zero-order chi connectivity index (χ0) is 12.6. The minimum absolute atomic E-state index is 1.19. The van der Waals surface area contributed by atoms with E-state index in [0.717, 1.165) is 0 Å². The second kappa shape index (κ2) is 15.5. The van der Waals surface area contributed by atoms with Crippen LogP contribution in [0.4, 0.5) is 0 Å². The maximum Gasteiger partial charge on any atom is -0.0316 e. The van der Waals surface area contributed by atoms with Crippen LogP contribution in [0.5, 0.6) is 0 Å². The molecule has 0 aliphatic heterocycles. The van der Waals surface area contributed by atoms with Crippen LogP contribution in [-0.4, -0.2) is 0 Å². The van der Waals surface area contributed by atoms with Crippen LogP contribution in [0, 0.1) is 6.92 Å². The summed E-state index contributed by atoms with van der Waals surface area (Å²) in [5.74, 6) is 0. The predicted octanol–water partition coefficient (Wildman–Crippen LogP) is 6.24. The second-order valence-corrected chi connectivity index (χ2v) is 4.78. The molecule has 0 heterocycles. The summed E-state index contributed by atoms with van der Waals surface area (Å²) in [5.41, 5.74) is 0. The maximum atomic E-state index is 3.69. The molecular weight excluding hydrogens is 204 g/mol. The van der Waals surface area contributed by atoms with E-state index in [2.05, 4.69) is 32.1 Å². The molecule has 0 N–H and O–H groups in total. The van der Waals surface area contributed by atoms with Crippen LogP contribution in [0.3, 0.4) is 0 Å². The fraction of sp³-hybridized carbons (Fsp3) is 0.706. The monoisotopic (exact) mass is 235 g/mol. The van der Waals surface area contributed by atoms with Crippen LogP contribution in [0.2, 0.25) is 0 Å². The van der Waals surface area contributed by atoms with Gasteiger partial charge in [-0.1, -0.05) is 63.3 Å². The van der Waals surface area contributed by atoms with E-state index in [0.29, 0.717) is 0 Å². The Kier molecular flexibility index (Phi) is 15.0. The Morgan fingerprint density at radius 3 is 1.71 bits per heavy atom. The number of allylic oxidation sites excluding steroid dienone is 4. The van der Waals surface area contributed by atoms with Gasteiger partial charge in [-0.25, -0.2) is 0 Å². The minimum atomic E-state index is 1.19. The van der Waals surface area contributed by atoms with Crippen molar-refractivity contribution in [2.75, 3.05) is 0 Å². The summed E-state index contributed by atoms with van der Waals surface area (Å²) in [6.45, 7) is 5.96. The van der Waals surface area contributed by atoms with E-state index in [1.807, 2.05) is 6.08 Å². The van der Waals surface area contributed by atoms with E-state index in [1.54, 1.807) is 0 Å². The number of unbranched alkanes of at least 4 members (excludes halogenated alkanes) is 9. The highest BCUT2D eigenvalue weighted by Crippen LogP contribution is 2.08. The van der Waals surface area contributed by atoms with Crippen LogP contribution in [0.1, 0.15) is 77.6 Å². The molecule has 0 aromatic rings. The largest absolute Gasteiger partial charge is 0.0885 e. The van der Waals surface area contributed by atoms with Gasteiger partial charge in [-0.2, -0.15) is 0 Å². The van der Waals surface area contributed by atoms with Crippen molar-refractivity contribution in [3.8, 4) is 0 Å². The summed E-state index contributed by atoms with van der Waals surface area (Å²) >= 11 is 0. The van der Waals surface area contributed by atoms with E-state index in [1.165, 1.54) is 70.6 Å². The fourth-order valence-electron chi connectivity index (χ4n) is 1.92. The third kappa shape index (κ3) is 15.5. The highest BCUT2D eigenvalue weighted by molar-refractivity contribution is 4.84. The van der Waals surface area contributed by atoms with Gasteiger partial charge in [0.1, 0.15) is 0 Å². The number of hydrogen-bond donors (Lipinski definition) is 0. The van der Waals surface area contributed by atoms with Crippen LogP contribution >= 0.6 is 0 Å². The summed E-state index contributed by atoms with van der Waals surface area (Å²) in [6, 6.07) is 0. The Hall–Kier alpha value is -0.520. The summed E-state index contributed by atoms with van der Waals surface area (Å²) in [6.07, 6.45) is 23.5. The Labute approximate surface area is 109 Å². The SMILES string of the molecule is [CH2]/C=C/CCCC/C=C/CCCCCCCC. The van der Waals surface area contributed by atoms with Crippen molar-refractivity contribution in [3.63, 3.8) is 0 Å². The number of rotatable bonds is 12. The van der Waals surface area contributed by atoms with Gasteiger partial charge in [-0.05, 0) is 45.4 Å². The summed E-state index contributed by atoms with van der Waals surface area (Å²) in [4.78, 5) is 0. The van der Waals surface area contributed by atoms with E-state index in [4.69, 9.17) is 0 Å². The van der Waals surface area contributed by atoms with E-state index in [-0.39, 0.29) is 0 Å². The first-order valence-corrected chi connectivity index (χ1v) is 7.51. The second-order valence-electron chi connectivity index (χ2n) is 4.78. The standard InChI is InChI=1S/C17H31/c1-3-5-7-9-11-13-15-17-16-14-12-10-8-6-4-2/h3,5,15,17H,1,4,6-14,16H2,2H3/b5-3+,17-15+. The van der Waals surface area contributed by atoms with Crippen molar-refractivity contribution in [2.24, 2.45) is 0 Å². The third-order valence-electron chi connectivity index (χ3n) is 3.05. The summed E-state index contributed by atoms with van der Waals surface area (Å²) in [7, 11) is 0. The molecule has 0 unspecified atom stereocenters. The lowest BCUT2D eigenvalue weighted by molar-refractivity contribution is 0.611. The molecule has 0 saturated heterocycles. The van der Waals surface area contributed by atoms with Crippen LogP contribution in [0.15, 0.2) is 24.3 Å². The molecule has 99 valence electrons. The molecule has 0 atom stereocenters. The maximum absolute atomic E-state index is 3.69. The Bertz CT molecular complexity index is 176. The van der Waals surface area contributed by atoms with Crippen LogP contribution in [-0.2, 0) is 0 Å². The molecule has 0 aromatic heterocycles. The first-order valence-electron chi connectivity index (χ1n) is 7.51. The zero-order valence-electron chi connectivity index (χ0n) is 11.8. The molecule has 17 heavy (non-hydrogen) atoms. The average Bonchev–Trinajstić information content (AvgIpc) is 2.35. The third-order valence-corrected chi connectivity index (χ3v) is 3.05. The van der Waals surface area contributed by atoms with Gasteiger partial charge in [0.25, 0.3) is 0 Å². The molecule has 1 radical (unpaired) electrons. The Morgan fingerprint density at radius 2 is 1.12 bits per heavy atom. The molecule has 0 aromatic carbocycles. The van der Waals surface area contributed by atoms with Crippen molar-refractivity contribution < 1.29 is 0 Å². The molecule has 0 aliphatic carbocycles. The Morgan fingerprint density at radius 1 is 0.647 bits per heavy atom. The minimum Gasteiger partial charge on any atom is -0.0885 e. The predicted molar refractivity (Wildman–Crippen MR) is 80.1 cm³/mol. The quantitative estimate of drug-likeness (QED) is 0.277. The highest BCUT2D eigenvalue weighted by Gasteiger charge is 1.88. The topological polar surface area (TPSA) is 0 Å². The van der Waals surface area contributed by atoms with Gasteiger partial charge in [0.15, 0.2) is 0 Å². The van der Waals surface area contributed by atoms with Crippen molar-refractivity contribution in [1.82, 2.24) is 0 Å². The molecule has 0 aliphatic rings. The van der Waals surface area contributed by atoms with E-state index < -0.39 is 0 Å². The van der Waals surface area contributed by atoms with Gasteiger partial charge in [0.05, 0.1) is 0 Å². The Balaban J connectivity index is 3.04. The van der Waals surface area contributed by atoms with Gasteiger partial charge < -0.3 is 0 Å². The van der Waals surface area contributed by atoms with Gasteiger partial charge in [-0.15, -0.1) is 0 Å². The smallest absolute Gasteiger partial charge is 0.0316 e. The van der Waals surface area contributed by atoms with Gasteiger partial charge in [0, 0.05) is 0 Å². The average molecular weight is 235 g/mol. The first kappa shape index (κ1) is 16.5. The van der Waals surface area contributed by atoms with Crippen molar-refractivity contribution in [3.05, 3.63) is 31.2 Å². The van der Waals surface area contributed by atoms with Gasteiger partial charge >= 0.3 is 0 Å². The zero-order valence-corrected chi connectivity index (χ0v) is 11.8. The van der Waals surface area contributed by atoms with Gasteiger partial charge in [0.2, 0.25) is 0 Å². The molecule has 0 spiro atoms. The van der Waals surface area contributed by atoms with Crippen LogP contribution in [0.25, 0.3) is 0 Å². The van der Waals surface area contributed by atoms with Gasteiger partial charge in [-0.3, -0.25) is 0 Å². The lowest BCUT2D eigenvalue weighted by Gasteiger charge is -1.97. The molecule has 0 fully saturated rings. The highest BCUT2D eigenvalue weighted by atomic mass is 13.9. The molecule has 0 nitrogen and oxygen atoms in total. The molecule has 0 saturated carbocycles. The van der Waals surface area contributed by atoms with Crippen molar-refractivity contribution in [1.29, 1.82) is 0 Å². The first-order chi connectivity index (χ1) is 8.41. The summed E-state index contributed by atoms with van der Waals surface area (Å²) < 4.78 is 0. The van der Waals surface area contributed by atoms with Crippen molar-refractivity contribution >= 4 is 0 Å². The lowest BCUT2D eigenvalue weighted by atomic mass is 10.1. The fourth-order valence-corrected chi connectivity index (χ4v) is 1.92. The summed E-state index contributed by atoms with van der Waals surface area (Å²) in [5, 5.41) is 0. The normalized spacial score (nSPS) is 11.9. The molecule has 0 amide bonds. The number of hydrogen-bond acceptors (Lipinski definition) is 0. The molecule has 0 bridgehead atoms. The van der Waals surface area contributed by atoms with Crippen molar-refractivity contribution in [2.45, 2.75) is 77.6 Å². The lowest BCUT2D eigenvalue weighted by Crippen LogP contribution is -1.78. The molecule has 0 heteroatoms. The van der Waals surface area contributed by atoms with E-state index in [9.17, 15) is 0 Å². The molecular formula is C17H31.